The Bertz CT molecular complexity index is 1100. The number of aryl methyl sites for hydroxylation is 2. The molecule has 2 aliphatic rings. The summed E-state index contributed by atoms with van der Waals surface area (Å²) in [6, 6.07) is 17.7. The standard InChI is InChI=1S/C23H23N5O2/c1-13-6-8-15(9-7-13)18-12-19(26-25-18)22(29)27-28-23(30)24-21-17-11-10-14-4-2-3-5-16(14)20(17)21/h2-9,12,17,20-21H,10-11H2,1H3,(H,25,26)(H,27,29)(H2,24,28,30). The highest BCUT2D eigenvalue weighted by atomic mass is 16.2. The molecule has 1 heterocycles. The van der Waals surface area contributed by atoms with Crippen LogP contribution in [0.25, 0.3) is 11.3 Å². The molecule has 0 radical (unpaired) electrons. The van der Waals surface area contributed by atoms with Crippen molar-refractivity contribution in [1.29, 1.82) is 0 Å². The smallest absolute Gasteiger partial charge is 0.333 e. The van der Waals surface area contributed by atoms with Gasteiger partial charge < -0.3 is 5.32 Å². The average molecular weight is 401 g/mol. The molecule has 30 heavy (non-hydrogen) atoms. The van der Waals surface area contributed by atoms with Crippen molar-refractivity contribution < 1.29 is 9.59 Å². The summed E-state index contributed by atoms with van der Waals surface area (Å²) in [6.07, 6.45) is 2.13. The molecule has 152 valence electrons. The Labute approximate surface area is 174 Å². The second-order valence-electron chi connectivity index (χ2n) is 8.04. The van der Waals surface area contributed by atoms with E-state index in [1.807, 2.05) is 37.3 Å². The second-order valence-corrected chi connectivity index (χ2v) is 8.04. The van der Waals surface area contributed by atoms with E-state index < -0.39 is 11.9 Å². The van der Waals surface area contributed by atoms with Crippen molar-refractivity contribution in [3.63, 3.8) is 0 Å². The van der Waals surface area contributed by atoms with Gasteiger partial charge in [0, 0.05) is 17.5 Å². The largest absolute Gasteiger partial charge is 0.333 e. The van der Waals surface area contributed by atoms with Gasteiger partial charge in [-0.2, -0.15) is 5.10 Å². The maximum absolute atomic E-state index is 12.3. The monoisotopic (exact) mass is 401 g/mol. The number of aromatic nitrogens is 2. The Balaban J connectivity index is 1.15. The molecule has 7 nitrogen and oxygen atoms in total. The number of aromatic amines is 1. The van der Waals surface area contributed by atoms with E-state index in [1.54, 1.807) is 6.07 Å². The van der Waals surface area contributed by atoms with Crippen LogP contribution in [-0.4, -0.2) is 28.2 Å². The molecule has 3 amide bonds. The summed E-state index contributed by atoms with van der Waals surface area (Å²) in [6.45, 7) is 2.01. The summed E-state index contributed by atoms with van der Waals surface area (Å²) in [5.74, 6) is 0.404. The number of rotatable bonds is 3. The third-order valence-electron chi connectivity index (χ3n) is 6.09. The highest BCUT2D eigenvalue weighted by Gasteiger charge is 2.53. The topological polar surface area (TPSA) is 98.9 Å². The van der Waals surface area contributed by atoms with Crippen LogP contribution in [0.2, 0.25) is 0 Å². The summed E-state index contributed by atoms with van der Waals surface area (Å²) < 4.78 is 0. The Morgan fingerprint density at radius 3 is 2.70 bits per heavy atom. The Morgan fingerprint density at radius 2 is 1.87 bits per heavy atom. The first kappa shape index (κ1) is 18.4. The number of hydrogen-bond acceptors (Lipinski definition) is 3. The molecule has 5 rings (SSSR count). The molecule has 7 heteroatoms. The lowest BCUT2D eigenvalue weighted by molar-refractivity contribution is 0.0931. The average Bonchev–Trinajstić information content (AvgIpc) is 3.23. The fourth-order valence-electron chi connectivity index (χ4n) is 4.44. The van der Waals surface area contributed by atoms with Gasteiger partial charge in [-0.05, 0) is 42.9 Å². The van der Waals surface area contributed by atoms with Crippen LogP contribution in [-0.2, 0) is 6.42 Å². The lowest BCUT2D eigenvalue weighted by atomic mass is 9.92. The van der Waals surface area contributed by atoms with Crippen LogP contribution in [0.4, 0.5) is 4.79 Å². The lowest BCUT2D eigenvalue weighted by Gasteiger charge is -2.13. The fourth-order valence-corrected chi connectivity index (χ4v) is 4.44. The predicted octanol–water partition coefficient (Wildman–Crippen LogP) is 3.06. The Morgan fingerprint density at radius 1 is 1.07 bits per heavy atom. The molecule has 2 aromatic carbocycles. The predicted molar refractivity (Wildman–Crippen MR) is 113 cm³/mol. The maximum Gasteiger partial charge on any atom is 0.333 e. The molecule has 0 bridgehead atoms. The molecule has 3 unspecified atom stereocenters. The van der Waals surface area contributed by atoms with Gasteiger partial charge in [0.1, 0.15) is 5.69 Å². The van der Waals surface area contributed by atoms with E-state index in [9.17, 15) is 9.59 Å². The second kappa shape index (κ2) is 7.33. The van der Waals surface area contributed by atoms with Crippen molar-refractivity contribution in [2.45, 2.75) is 31.7 Å². The van der Waals surface area contributed by atoms with E-state index in [0.717, 1.165) is 24.0 Å². The molecule has 1 saturated carbocycles. The molecule has 0 saturated heterocycles. The quantitative estimate of drug-likeness (QED) is 0.508. The minimum atomic E-state index is -0.449. The minimum Gasteiger partial charge on any atom is -0.333 e. The molecule has 0 aliphatic heterocycles. The van der Waals surface area contributed by atoms with Gasteiger partial charge in [-0.3, -0.25) is 15.3 Å². The van der Waals surface area contributed by atoms with E-state index in [-0.39, 0.29) is 11.7 Å². The van der Waals surface area contributed by atoms with Gasteiger partial charge in [0.05, 0.1) is 5.69 Å². The number of fused-ring (bicyclic) bond motifs is 3. The molecular formula is C23H23N5O2. The van der Waals surface area contributed by atoms with Crippen LogP contribution in [0.15, 0.2) is 54.6 Å². The first-order valence-electron chi connectivity index (χ1n) is 10.2. The Hall–Kier alpha value is -3.61. The zero-order valence-electron chi connectivity index (χ0n) is 16.6. The zero-order chi connectivity index (χ0) is 20.7. The number of amides is 3. The van der Waals surface area contributed by atoms with E-state index in [2.05, 4.69) is 44.6 Å². The third-order valence-corrected chi connectivity index (χ3v) is 6.09. The normalized spacial score (nSPS) is 21.2. The van der Waals surface area contributed by atoms with Gasteiger partial charge >= 0.3 is 6.03 Å². The molecule has 2 aliphatic carbocycles. The number of nitrogens with one attached hydrogen (secondary N) is 4. The van der Waals surface area contributed by atoms with Crippen LogP contribution >= 0.6 is 0 Å². The van der Waals surface area contributed by atoms with Crippen molar-refractivity contribution in [1.82, 2.24) is 26.4 Å². The number of benzene rings is 2. The lowest BCUT2D eigenvalue weighted by Crippen LogP contribution is -2.48. The zero-order valence-corrected chi connectivity index (χ0v) is 16.6. The van der Waals surface area contributed by atoms with Crippen molar-refractivity contribution in [2.75, 3.05) is 0 Å². The number of hydrazine groups is 1. The van der Waals surface area contributed by atoms with Gasteiger partial charge in [-0.25, -0.2) is 10.2 Å². The number of carbonyl (C=O) groups is 2. The third kappa shape index (κ3) is 3.43. The van der Waals surface area contributed by atoms with E-state index in [0.29, 0.717) is 17.5 Å². The maximum atomic E-state index is 12.3. The van der Waals surface area contributed by atoms with Crippen molar-refractivity contribution >= 4 is 11.9 Å². The van der Waals surface area contributed by atoms with E-state index in [1.165, 1.54) is 11.1 Å². The number of nitrogens with zero attached hydrogens (tertiary/aromatic N) is 1. The molecule has 4 N–H and O–H groups in total. The number of H-pyrrole nitrogens is 1. The number of hydrogen-bond donors (Lipinski definition) is 4. The summed E-state index contributed by atoms with van der Waals surface area (Å²) >= 11 is 0. The molecular weight excluding hydrogens is 378 g/mol. The van der Waals surface area contributed by atoms with E-state index >= 15 is 0 Å². The Kier molecular flexibility index (Phi) is 4.50. The first-order chi connectivity index (χ1) is 14.6. The van der Waals surface area contributed by atoms with Crippen LogP contribution in [0.1, 0.15) is 39.5 Å². The summed E-state index contributed by atoms with van der Waals surface area (Å²) in [5, 5.41) is 9.88. The van der Waals surface area contributed by atoms with Crippen LogP contribution in [0.5, 0.6) is 0 Å². The molecule has 3 aromatic rings. The van der Waals surface area contributed by atoms with E-state index in [4.69, 9.17) is 0 Å². The molecule has 3 atom stereocenters. The van der Waals surface area contributed by atoms with Crippen LogP contribution in [0, 0.1) is 12.8 Å². The summed E-state index contributed by atoms with van der Waals surface area (Å²) in [7, 11) is 0. The first-order valence-corrected chi connectivity index (χ1v) is 10.2. The fraction of sp³-hybridized carbons (Fsp3) is 0.261. The van der Waals surface area contributed by atoms with Crippen molar-refractivity contribution in [2.24, 2.45) is 5.92 Å². The van der Waals surface area contributed by atoms with Gasteiger partial charge in [0.15, 0.2) is 0 Å². The van der Waals surface area contributed by atoms with Gasteiger partial charge in [0.2, 0.25) is 0 Å². The SMILES string of the molecule is Cc1ccc(-c2cc(C(=O)NNC(=O)NC3C4CCc5ccccc5C43)[nH]n2)cc1. The molecule has 1 fully saturated rings. The molecule has 1 aromatic heterocycles. The summed E-state index contributed by atoms with van der Waals surface area (Å²) in [4.78, 5) is 24.6. The van der Waals surface area contributed by atoms with Gasteiger partial charge in [-0.1, -0.05) is 54.1 Å². The van der Waals surface area contributed by atoms with Gasteiger partial charge in [-0.15, -0.1) is 0 Å². The van der Waals surface area contributed by atoms with Crippen molar-refractivity contribution in [3.8, 4) is 11.3 Å². The number of urea groups is 1. The van der Waals surface area contributed by atoms with Gasteiger partial charge in [0.25, 0.3) is 5.91 Å². The highest BCUT2D eigenvalue weighted by Crippen LogP contribution is 2.54. The highest BCUT2D eigenvalue weighted by molar-refractivity contribution is 5.94. The molecule has 0 spiro atoms. The van der Waals surface area contributed by atoms with Crippen molar-refractivity contribution in [3.05, 3.63) is 77.0 Å². The summed E-state index contributed by atoms with van der Waals surface area (Å²) in [5.41, 5.74) is 10.6. The number of carbonyl (C=O) groups excluding carboxylic acids is 2. The van der Waals surface area contributed by atoms with Crippen LogP contribution in [0.3, 0.4) is 0 Å². The minimum absolute atomic E-state index is 0.117. The van der Waals surface area contributed by atoms with Crippen LogP contribution < -0.4 is 16.2 Å².